The predicted octanol–water partition coefficient (Wildman–Crippen LogP) is 2.87. The third kappa shape index (κ3) is 4.55. The summed E-state index contributed by atoms with van der Waals surface area (Å²) in [5, 5.41) is 9.60. The van der Waals surface area contributed by atoms with E-state index in [1.54, 1.807) is 6.26 Å². The van der Waals surface area contributed by atoms with Crippen LogP contribution in [0.4, 0.5) is 0 Å². The fourth-order valence-electron chi connectivity index (χ4n) is 3.18. The standard InChI is InChI=1S/C19H20ClN3O3S/c1-13-16(6-8-24-13)18-21-22-19(26-18)27-12-15-11-23(7-9-25-15)10-14-4-2-3-5-17(14)20/h2-6,8,15H,7,9-12H2,1H3/p+1/t15-/m0/s1. The molecule has 1 saturated heterocycles. The molecule has 3 heterocycles. The van der Waals surface area contributed by atoms with Crippen LogP contribution >= 0.6 is 23.4 Å². The summed E-state index contributed by atoms with van der Waals surface area (Å²) in [7, 11) is 0. The average Bonchev–Trinajstić information content (AvgIpc) is 3.31. The maximum atomic E-state index is 6.29. The third-order valence-corrected chi connectivity index (χ3v) is 5.93. The van der Waals surface area contributed by atoms with E-state index in [1.165, 1.54) is 22.2 Å². The quantitative estimate of drug-likeness (QED) is 0.635. The van der Waals surface area contributed by atoms with Gasteiger partial charge in [-0.2, -0.15) is 0 Å². The molecule has 2 atom stereocenters. The lowest BCUT2D eigenvalue weighted by Gasteiger charge is -2.30. The zero-order valence-electron chi connectivity index (χ0n) is 15.0. The van der Waals surface area contributed by atoms with E-state index >= 15 is 0 Å². The second-order valence-corrected chi connectivity index (χ2v) is 7.92. The monoisotopic (exact) mass is 406 g/mol. The van der Waals surface area contributed by atoms with Crippen molar-refractivity contribution < 1.29 is 18.5 Å². The summed E-state index contributed by atoms with van der Waals surface area (Å²) in [6, 6.07) is 9.86. The van der Waals surface area contributed by atoms with Crippen LogP contribution in [0.15, 0.2) is 50.7 Å². The third-order valence-electron chi connectivity index (χ3n) is 4.61. The molecule has 1 aliphatic heterocycles. The van der Waals surface area contributed by atoms with Crippen molar-refractivity contribution in [1.29, 1.82) is 0 Å². The van der Waals surface area contributed by atoms with Crippen molar-refractivity contribution >= 4 is 23.4 Å². The summed E-state index contributed by atoms with van der Waals surface area (Å²) in [6.45, 7) is 5.44. The number of hydrogen-bond acceptors (Lipinski definition) is 6. The number of morpholine rings is 1. The molecule has 6 nitrogen and oxygen atoms in total. The van der Waals surface area contributed by atoms with Gasteiger partial charge in [0.05, 0.1) is 18.4 Å². The van der Waals surface area contributed by atoms with Crippen molar-refractivity contribution in [2.24, 2.45) is 0 Å². The summed E-state index contributed by atoms with van der Waals surface area (Å²) in [4.78, 5) is 1.47. The first-order valence-corrected chi connectivity index (χ1v) is 10.2. The van der Waals surface area contributed by atoms with Gasteiger partial charge in [-0.15, -0.1) is 10.2 Å². The first kappa shape index (κ1) is 18.6. The number of thioether (sulfide) groups is 1. The molecule has 1 aliphatic rings. The van der Waals surface area contributed by atoms with Crippen molar-refractivity contribution in [3.05, 3.63) is 52.9 Å². The van der Waals surface area contributed by atoms with E-state index in [9.17, 15) is 0 Å². The number of halogens is 1. The van der Waals surface area contributed by atoms with Crippen LogP contribution in [0.2, 0.25) is 5.02 Å². The van der Waals surface area contributed by atoms with E-state index < -0.39 is 0 Å². The maximum absolute atomic E-state index is 6.29. The maximum Gasteiger partial charge on any atom is 0.276 e. The number of hydrogen-bond donors (Lipinski definition) is 1. The Balaban J connectivity index is 1.32. The van der Waals surface area contributed by atoms with Crippen molar-refractivity contribution in [3.8, 4) is 11.5 Å². The van der Waals surface area contributed by atoms with Gasteiger partial charge in [0.2, 0.25) is 0 Å². The van der Waals surface area contributed by atoms with Gasteiger partial charge in [-0.25, -0.2) is 0 Å². The Morgan fingerprint density at radius 1 is 1.26 bits per heavy atom. The minimum Gasteiger partial charge on any atom is -0.469 e. The Labute approximate surface area is 166 Å². The Bertz CT molecular complexity index is 898. The molecule has 0 radical (unpaired) electrons. The Morgan fingerprint density at radius 2 is 2.15 bits per heavy atom. The van der Waals surface area contributed by atoms with Gasteiger partial charge in [0.25, 0.3) is 11.1 Å². The SMILES string of the molecule is Cc1occc1-c1nnc(SC[C@@H]2C[NH+](Cc3ccccc3Cl)CCO2)o1. The van der Waals surface area contributed by atoms with Crippen molar-refractivity contribution in [2.75, 3.05) is 25.4 Å². The van der Waals surface area contributed by atoms with Gasteiger partial charge < -0.3 is 18.5 Å². The van der Waals surface area contributed by atoms with Crippen molar-refractivity contribution in [2.45, 2.75) is 24.8 Å². The molecule has 0 spiro atoms. The van der Waals surface area contributed by atoms with Crippen LogP contribution in [0.1, 0.15) is 11.3 Å². The highest BCUT2D eigenvalue weighted by molar-refractivity contribution is 7.99. The summed E-state index contributed by atoms with van der Waals surface area (Å²) in [6.07, 6.45) is 1.76. The minimum atomic E-state index is 0.146. The van der Waals surface area contributed by atoms with Crippen molar-refractivity contribution in [1.82, 2.24) is 10.2 Å². The lowest BCUT2D eigenvalue weighted by atomic mass is 10.2. The molecule has 4 rings (SSSR count). The number of rotatable bonds is 6. The van der Waals surface area contributed by atoms with Gasteiger partial charge in [0, 0.05) is 16.3 Å². The van der Waals surface area contributed by atoms with Crippen LogP contribution < -0.4 is 4.90 Å². The van der Waals surface area contributed by atoms with Crippen LogP contribution in [0.25, 0.3) is 11.5 Å². The van der Waals surface area contributed by atoms with E-state index in [0.717, 1.165) is 48.3 Å². The van der Waals surface area contributed by atoms with Crippen LogP contribution in [0.5, 0.6) is 0 Å². The van der Waals surface area contributed by atoms with E-state index in [0.29, 0.717) is 11.1 Å². The number of aryl methyl sites for hydroxylation is 1. The van der Waals surface area contributed by atoms with Gasteiger partial charge in [-0.05, 0) is 19.1 Å². The molecule has 8 heteroatoms. The Kier molecular flexibility index (Phi) is 5.83. The molecule has 1 N–H and O–H groups in total. The largest absolute Gasteiger partial charge is 0.469 e. The van der Waals surface area contributed by atoms with E-state index in [-0.39, 0.29) is 6.10 Å². The number of quaternary nitrogens is 1. The molecule has 2 aromatic heterocycles. The number of aromatic nitrogens is 2. The highest BCUT2D eigenvalue weighted by Crippen LogP contribution is 2.26. The molecule has 3 aromatic rings. The smallest absolute Gasteiger partial charge is 0.276 e. The minimum absolute atomic E-state index is 0.146. The van der Waals surface area contributed by atoms with Gasteiger partial charge in [-0.3, -0.25) is 0 Å². The van der Waals surface area contributed by atoms with E-state index in [4.69, 9.17) is 25.2 Å². The van der Waals surface area contributed by atoms with Gasteiger partial charge in [0.15, 0.2) is 0 Å². The molecule has 0 saturated carbocycles. The molecular formula is C19H21ClN3O3S+. The molecule has 0 bridgehead atoms. The van der Waals surface area contributed by atoms with Crippen LogP contribution in [-0.2, 0) is 11.3 Å². The van der Waals surface area contributed by atoms with Crippen molar-refractivity contribution in [3.63, 3.8) is 0 Å². The number of benzene rings is 1. The number of furan rings is 1. The summed E-state index contributed by atoms with van der Waals surface area (Å²) in [5.74, 6) is 2.03. The van der Waals surface area contributed by atoms with E-state index in [2.05, 4.69) is 16.3 Å². The molecule has 1 fully saturated rings. The first-order chi connectivity index (χ1) is 13.2. The average molecular weight is 407 g/mol. The molecule has 27 heavy (non-hydrogen) atoms. The van der Waals surface area contributed by atoms with Gasteiger partial charge in [0.1, 0.15) is 31.5 Å². The number of nitrogens with one attached hydrogen (secondary N) is 1. The summed E-state index contributed by atoms with van der Waals surface area (Å²) < 4.78 is 16.9. The first-order valence-electron chi connectivity index (χ1n) is 8.88. The number of nitrogens with zero attached hydrogens (tertiary/aromatic N) is 2. The zero-order chi connectivity index (χ0) is 18.6. The molecule has 1 unspecified atom stereocenters. The van der Waals surface area contributed by atoms with E-state index in [1.807, 2.05) is 31.2 Å². The highest BCUT2D eigenvalue weighted by Gasteiger charge is 2.25. The topological polar surface area (TPSA) is 65.7 Å². The fourth-order valence-corrected chi connectivity index (χ4v) is 4.16. The number of ether oxygens (including phenoxy) is 1. The normalized spacial score (nSPS) is 20.1. The Hall–Kier alpha value is -1.80. The molecule has 0 aliphatic carbocycles. The lowest BCUT2D eigenvalue weighted by Crippen LogP contribution is -3.13. The lowest BCUT2D eigenvalue weighted by molar-refractivity contribution is -0.924. The van der Waals surface area contributed by atoms with Crippen LogP contribution in [0, 0.1) is 6.92 Å². The summed E-state index contributed by atoms with van der Waals surface area (Å²) in [5.41, 5.74) is 2.01. The fraction of sp³-hybridized carbons (Fsp3) is 0.368. The van der Waals surface area contributed by atoms with Gasteiger partial charge in [-0.1, -0.05) is 41.6 Å². The van der Waals surface area contributed by atoms with Crippen LogP contribution in [0.3, 0.4) is 0 Å². The summed E-state index contributed by atoms with van der Waals surface area (Å²) >= 11 is 7.82. The Morgan fingerprint density at radius 3 is 2.96 bits per heavy atom. The second-order valence-electron chi connectivity index (χ2n) is 6.54. The molecule has 0 amide bonds. The van der Waals surface area contributed by atoms with Crippen LogP contribution in [-0.4, -0.2) is 41.8 Å². The zero-order valence-corrected chi connectivity index (χ0v) is 16.6. The molecule has 142 valence electrons. The highest BCUT2D eigenvalue weighted by atomic mass is 35.5. The molecule has 1 aromatic carbocycles. The predicted molar refractivity (Wildman–Crippen MR) is 103 cm³/mol. The van der Waals surface area contributed by atoms with Gasteiger partial charge >= 0.3 is 0 Å². The second kappa shape index (κ2) is 8.48. The molecular weight excluding hydrogens is 386 g/mol.